The minimum absolute atomic E-state index is 0.294. The van der Waals surface area contributed by atoms with Gasteiger partial charge in [-0.1, -0.05) is 11.6 Å². The number of aromatic amines is 1. The molecule has 5 nitrogen and oxygen atoms in total. The van der Waals surface area contributed by atoms with Gasteiger partial charge in [0.05, 0.1) is 0 Å². The van der Waals surface area contributed by atoms with E-state index < -0.39 is 0 Å². The molecule has 0 atom stereocenters. The lowest BCUT2D eigenvalue weighted by Gasteiger charge is -2.37. The molecule has 4 rings (SSSR count). The number of benzene rings is 1. The Bertz CT molecular complexity index is 771. The fourth-order valence-electron chi connectivity index (χ4n) is 4.37. The van der Waals surface area contributed by atoms with E-state index in [0.717, 1.165) is 57.2 Å². The molecule has 27 heavy (non-hydrogen) atoms. The number of carbonyl (C=O) groups is 1. The van der Waals surface area contributed by atoms with Gasteiger partial charge in [0.1, 0.15) is 0 Å². The number of nitrogens with one attached hydrogen (secondary N) is 1. The highest BCUT2D eigenvalue weighted by atomic mass is 16.5. The van der Waals surface area contributed by atoms with Crippen molar-refractivity contribution in [2.75, 3.05) is 45.9 Å². The highest BCUT2D eigenvalue weighted by Crippen LogP contribution is 2.21. The fraction of sp³-hybridized carbons (Fsp3) is 0.591. The molecule has 1 amide bonds. The number of carbonyl (C=O) groups excluding carboxylic acids is 1. The summed E-state index contributed by atoms with van der Waals surface area (Å²) in [4.78, 5) is 20.6. The lowest BCUT2D eigenvalue weighted by atomic mass is 9.99. The summed E-state index contributed by atoms with van der Waals surface area (Å²) >= 11 is 0. The smallest absolute Gasteiger partial charge is 0.222 e. The molecule has 2 aliphatic heterocycles. The first-order chi connectivity index (χ1) is 13.2. The number of rotatable bonds is 5. The number of fused-ring (bicyclic) bond motifs is 1. The number of nitrogens with zero attached hydrogens (tertiary/aromatic N) is 2. The first kappa shape index (κ1) is 18.5. The third-order valence-electron chi connectivity index (χ3n) is 6.11. The van der Waals surface area contributed by atoms with E-state index in [9.17, 15) is 4.79 Å². The number of hydrogen-bond donors (Lipinski definition) is 1. The van der Waals surface area contributed by atoms with Crippen molar-refractivity contribution in [2.24, 2.45) is 5.92 Å². The third-order valence-corrected chi connectivity index (χ3v) is 6.11. The van der Waals surface area contributed by atoms with Crippen LogP contribution in [0.25, 0.3) is 10.9 Å². The molecule has 1 N–H and O–H groups in total. The zero-order chi connectivity index (χ0) is 18.6. The standard InChI is InChI=1S/C22H31N3O2/c1-17-2-4-21-20(14-17)19(15-23-21)3-5-22(26)25-10-8-24(9-11-25)16-18-6-12-27-13-7-18/h2,4,14-15,18,23H,3,5-13,16H2,1H3. The molecule has 2 aliphatic rings. The molecule has 0 radical (unpaired) electrons. The Hall–Kier alpha value is -1.85. The summed E-state index contributed by atoms with van der Waals surface area (Å²) in [6.45, 7) is 8.86. The molecule has 1 aromatic carbocycles. The summed E-state index contributed by atoms with van der Waals surface area (Å²) in [6.07, 6.45) is 5.83. The number of amides is 1. The molecule has 2 saturated heterocycles. The summed E-state index contributed by atoms with van der Waals surface area (Å²) < 4.78 is 5.45. The lowest BCUT2D eigenvalue weighted by molar-refractivity contribution is -0.133. The van der Waals surface area contributed by atoms with Crippen LogP contribution in [-0.4, -0.2) is 66.6 Å². The number of H-pyrrole nitrogens is 1. The molecule has 0 unspecified atom stereocenters. The van der Waals surface area contributed by atoms with E-state index in [2.05, 4.69) is 46.1 Å². The van der Waals surface area contributed by atoms with Gasteiger partial charge in [0.25, 0.3) is 0 Å². The second-order valence-corrected chi connectivity index (χ2v) is 8.10. The summed E-state index contributed by atoms with van der Waals surface area (Å²) in [7, 11) is 0. The van der Waals surface area contributed by atoms with Gasteiger partial charge in [-0.15, -0.1) is 0 Å². The maximum absolute atomic E-state index is 12.7. The molecular weight excluding hydrogens is 338 g/mol. The van der Waals surface area contributed by atoms with Crippen LogP contribution < -0.4 is 0 Å². The second kappa shape index (κ2) is 8.44. The van der Waals surface area contributed by atoms with Crippen LogP contribution in [0, 0.1) is 12.8 Å². The molecular formula is C22H31N3O2. The Labute approximate surface area is 161 Å². The molecule has 0 bridgehead atoms. The predicted molar refractivity (Wildman–Crippen MR) is 108 cm³/mol. The van der Waals surface area contributed by atoms with E-state index in [1.165, 1.54) is 35.9 Å². The Morgan fingerprint density at radius 3 is 2.74 bits per heavy atom. The number of hydrogen-bond acceptors (Lipinski definition) is 3. The largest absolute Gasteiger partial charge is 0.381 e. The molecule has 3 heterocycles. The van der Waals surface area contributed by atoms with Gasteiger partial charge in [0.15, 0.2) is 0 Å². The van der Waals surface area contributed by atoms with Crippen molar-refractivity contribution in [3.8, 4) is 0 Å². The van der Waals surface area contributed by atoms with Gasteiger partial charge in [-0.25, -0.2) is 0 Å². The van der Waals surface area contributed by atoms with E-state index in [-0.39, 0.29) is 0 Å². The average molecular weight is 370 g/mol. The van der Waals surface area contributed by atoms with Crippen LogP contribution in [-0.2, 0) is 16.0 Å². The minimum Gasteiger partial charge on any atom is -0.381 e. The number of piperazine rings is 1. The van der Waals surface area contributed by atoms with Crippen molar-refractivity contribution in [3.05, 3.63) is 35.5 Å². The van der Waals surface area contributed by atoms with Crippen LogP contribution >= 0.6 is 0 Å². The van der Waals surface area contributed by atoms with Gasteiger partial charge >= 0.3 is 0 Å². The third kappa shape index (κ3) is 4.53. The Morgan fingerprint density at radius 2 is 1.96 bits per heavy atom. The average Bonchev–Trinajstić information content (AvgIpc) is 3.09. The maximum Gasteiger partial charge on any atom is 0.222 e. The molecule has 2 fully saturated rings. The first-order valence-electron chi connectivity index (χ1n) is 10.3. The van der Waals surface area contributed by atoms with E-state index in [1.54, 1.807) is 0 Å². The van der Waals surface area contributed by atoms with E-state index in [0.29, 0.717) is 12.3 Å². The van der Waals surface area contributed by atoms with Crippen LogP contribution in [0.4, 0.5) is 0 Å². The van der Waals surface area contributed by atoms with Gasteiger partial charge in [0.2, 0.25) is 5.91 Å². The molecule has 0 aliphatic carbocycles. The zero-order valence-corrected chi connectivity index (χ0v) is 16.4. The second-order valence-electron chi connectivity index (χ2n) is 8.10. The van der Waals surface area contributed by atoms with Crippen LogP contribution in [0.2, 0.25) is 0 Å². The van der Waals surface area contributed by atoms with Crippen molar-refractivity contribution >= 4 is 16.8 Å². The summed E-state index contributed by atoms with van der Waals surface area (Å²) in [6, 6.07) is 6.45. The number of ether oxygens (including phenoxy) is 1. The van der Waals surface area contributed by atoms with Gasteiger partial charge in [-0.3, -0.25) is 9.69 Å². The quantitative estimate of drug-likeness (QED) is 0.881. The lowest BCUT2D eigenvalue weighted by Crippen LogP contribution is -2.50. The molecule has 1 aromatic heterocycles. The van der Waals surface area contributed by atoms with Crippen molar-refractivity contribution < 1.29 is 9.53 Å². The molecule has 146 valence electrons. The van der Waals surface area contributed by atoms with Crippen LogP contribution in [0.1, 0.15) is 30.4 Å². The van der Waals surface area contributed by atoms with Crippen molar-refractivity contribution in [1.82, 2.24) is 14.8 Å². The van der Waals surface area contributed by atoms with Crippen LogP contribution in [0.15, 0.2) is 24.4 Å². The maximum atomic E-state index is 12.7. The molecule has 0 saturated carbocycles. The van der Waals surface area contributed by atoms with Crippen molar-refractivity contribution in [1.29, 1.82) is 0 Å². The highest BCUT2D eigenvalue weighted by molar-refractivity contribution is 5.85. The fourth-order valence-corrected chi connectivity index (χ4v) is 4.37. The topological polar surface area (TPSA) is 48.6 Å². The Balaban J connectivity index is 1.25. The van der Waals surface area contributed by atoms with Crippen molar-refractivity contribution in [3.63, 3.8) is 0 Å². The SMILES string of the molecule is Cc1ccc2[nH]cc(CCC(=O)N3CCN(CC4CCOCC4)CC3)c2c1. The Kier molecular flexibility index (Phi) is 5.79. The summed E-state index contributed by atoms with van der Waals surface area (Å²) in [5.41, 5.74) is 3.67. The molecule has 0 spiro atoms. The number of aromatic nitrogens is 1. The highest BCUT2D eigenvalue weighted by Gasteiger charge is 2.24. The summed E-state index contributed by atoms with van der Waals surface area (Å²) in [5.74, 6) is 1.06. The van der Waals surface area contributed by atoms with Gasteiger partial charge in [-0.2, -0.15) is 0 Å². The van der Waals surface area contributed by atoms with Crippen LogP contribution in [0.3, 0.4) is 0 Å². The number of aryl methyl sites for hydroxylation is 2. The van der Waals surface area contributed by atoms with Gasteiger partial charge in [0, 0.05) is 69.5 Å². The predicted octanol–water partition coefficient (Wildman–Crippen LogP) is 2.98. The van der Waals surface area contributed by atoms with Gasteiger partial charge in [-0.05, 0) is 49.8 Å². The molecule has 2 aromatic rings. The van der Waals surface area contributed by atoms with Crippen LogP contribution in [0.5, 0.6) is 0 Å². The van der Waals surface area contributed by atoms with E-state index in [4.69, 9.17) is 4.74 Å². The normalized spacial score (nSPS) is 19.7. The summed E-state index contributed by atoms with van der Waals surface area (Å²) in [5, 5.41) is 1.25. The van der Waals surface area contributed by atoms with E-state index >= 15 is 0 Å². The zero-order valence-electron chi connectivity index (χ0n) is 16.4. The van der Waals surface area contributed by atoms with E-state index in [1.807, 2.05) is 0 Å². The van der Waals surface area contributed by atoms with Gasteiger partial charge < -0.3 is 14.6 Å². The minimum atomic E-state index is 0.294. The molecule has 5 heteroatoms. The Morgan fingerprint density at radius 1 is 1.19 bits per heavy atom. The van der Waals surface area contributed by atoms with Crippen molar-refractivity contribution in [2.45, 2.75) is 32.6 Å². The first-order valence-corrected chi connectivity index (χ1v) is 10.3. The monoisotopic (exact) mass is 369 g/mol.